The lowest BCUT2D eigenvalue weighted by Crippen LogP contribution is -2.45. The Morgan fingerprint density at radius 1 is 1.38 bits per heavy atom. The highest BCUT2D eigenvalue weighted by atomic mass is 35.5. The number of carbonyl (C=O) groups is 1. The molecule has 0 bridgehead atoms. The summed E-state index contributed by atoms with van der Waals surface area (Å²) in [4.78, 5) is 12.6. The molecule has 6 heteroatoms. The Labute approximate surface area is 134 Å². The monoisotopic (exact) mass is 328 g/mol. The van der Waals surface area contributed by atoms with E-state index >= 15 is 0 Å². The van der Waals surface area contributed by atoms with Gasteiger partial charge in [-0.15, -0.1) is 23.7 Å². The molecule has 0 spiro atoms. The predicted molar refractivity (Wildman–Crippen MR) is 89.9 cm³/mol. The maximum atomic E-state index is 11.7. The number of rotatable bonds is 5. The van der Waals surface area contributed by atoms with Crippen molar-refractivity contribution in [3.63, 3.8) is 0 Å². The van der Waals surface area contributed by atoms with Gasteiger partial charge in [-0.1, -0.05) is 32.0 Å². The zero-order valence-corrected chi connectivity index (χ0v) is 13.7. The first-order chi connectivity index (χ1) is 9.49. The van der Waals surface area contributed by atoms with Crippen molar-refractivity contribution < 1.29 is 9.90 Å². The second kappa shape index (κ2) is 7.75. The third-order valence-electron chi connectivity index (χ3n) is 3.26. The van der Waals surface area contributed by atoms with E-state index in [0.717, 1.165) is 15.0 Å². The number of aliphatic hydroxyl groups is 1. The Hall–Kier alpha value is -1.14. The Bertz CT molecular complexity index is 567. The van der Waals surface area contributed by atoms with Crippen LogP contribution < -0.4 is 11.1 Å². The maximum absolute atomic E-state index is 11.7. The number of carbonyl (C=O) groups excluding carboxylic acids is 1. The molecule has 2 rings (SSSR count). The van der Waals surface area contributed by atoms with Gasteiger partial charge in [0.2, 0.25) is 5.91 Å². The Balaban J connectivity index is 0.00000220. The maximum Gasteiger partial charge on any atom is 0.237 e. The van der Waals surface area contributed by atoms with Gasteiger partial charge in [-0.05, 0) is 23.4 Å². The summed E-state index contributed by atoms with van der Waals surface area (Å²) < 4.78 is 1.13. The van der Waals surface area contributed by atoms with Crippen molar-refractivity contribution in [1.82, 2.24) is 5.32 Å². The third-order valence-corrected chi connectivity index (χ3v) is 4.48. The minimum atomic E-state index is -0.698. The van der Waals surface area contributed by atoms with Crippen molar-refractivity contribution in [3.8, 4) is 0 Å². The molecule has 116 valence electrons. The van der Waals surface area contributed by atoms with Gasteiger partial charge in [0.25, 0.3) is 0 Å². The molecule has 0 saturated carbocycles. The molecule has 0 aliphatic carbocycles. The summed E-state index contributed by atoms with van der Waals surface area (Å²) in [5.74, 6) is -0.142. The summed E-state index contributed by atoms with van der Waals surface area (Å²) in [6, 6.07) is 9.38. The number of nitrogens with one attached hydrogen (secondary N) is 1. The summed E-state index contributed by atoms with van der Waals surface area (Å²) in [7, 11) is 0. The second-order valence-electron chi connectivity index (χ2n) is 5.22. The van der Waals surface area contributed by atoms with Crippen LogP contribution in [0, 0.1) is 5.92 Å². The summed E-state index contributed by atoms with van der Waals surface area (Å²) in [6.45, 7) is 3.98. The number of thiophene rings is 1. The van der Waals surface area contributed by atoms with Crippen LogP contribution in [0.4, 0.5) is 0 Å². The molecule has 0 radical (unpaired) electrons. The fraction of sp³-hybridized carbons (Fsp3) is 0.400. The minimum Gasteiger partial charge on any atom is -0.386 e. The standard InChI is InChI=1S/C15H20N2O2S.ClH/c1-9(2)14(16)15(19)17-8-11(18)13-7-10-5-3-4-6-12(10)20-13;/h3-7,9,11,14,18H,8,16H2,1-2H3,(H,17,19);1H/t11?,14-;/m0./s1. The molecule has 2 aromatic rings. The molecular formula is C15H21ClN2O2S. The van der Waals surface area contributed by atoms with E-state index in [1.54, 1.807) is 0 Å². The lowest BCUT2D eigenvalue weighted by Gasteiger charge is -2.16. The zero-order chi connectivity index (χ0) is 14.7. The van der Waals surface area contributed by atoms with E-state index in [1.807, 2.05) is 44.2 Å². The van der Waals surface area contributed by atoms with Crippen LogP contribution in [-0.4, -0.2) is 23.6 Å². The van der Waals surface area contributed by atoms with Crippen LogP contribution in [0.1, 0.15) is 24.8 Å². The van der Waals surface area contributed by atoms with Gasteiger partial charge in [0.1, 0.15) is 6.10 Å². The van der Waals surface area contributed by atoms with Crippen molar-refractivity contribution in [3.05, 3.63) is 35.2 Å². The van der Waals surface area contributed by atoms with Gasteiger partial charge in [-0.25, -0.2) is 0 Å². The highest BCUT2D eigenvalue weighted by molar-refractivity contribution is 7.19. The lowest BCUT2D eigenvalue weighted by atomic mass is 10.1. The quantitative estimate of drug-likeness (QED) is 0.789. The first-order valence-corrected chi connectivity index (χ1v) is 7.50. The van der Waals surface area contributed by atoms with Gasteiger partial charge in [0.15, 0.2) is 0 Å². The number of halogens is 1. The summed E-state index contributed by atoms with van der Waals surface area (Å²) in [5.41, 5.74) is 5.76. The van der Waals surface area contributed by atoms with Gasteiger partial charge in [0, 0.05) is 16.1 Å². The van der Waals surface area contributed by atoms with E-state index in [9.17, 15) is 9.90 Å². The highest BCUT2D eigenvalue weighted by Gasteiger charge is 2.19. The summed E-state index contributed by atoms with van der Waals surface area (Å²) in [6.07, 6.45) is -0.698. The van der Waals surface area contributed by atoms with Gasteiger partial charge in [0.05, 0.1) is 6.04 Å². The van der Waals surface area contributed by atoms with Crippen LogP contribution in [0.2, 0.25) is 0 Å². The molecule has 1 aromatic carbocycles. The number of amides is 1. The van der Waals surface area contributed by atoms with Crippen LogP contribution in [0.3, 0.4) is 0 Å². The predicted octanol–water partition coefficient (Wildman–Crippen LogP) is 2.46. The number of nitrogens with two attached hydrogens (primary N) is 1. The molecule has 21 heavy (non-hydrogen) atoms. The van der Waals surface area contributed by atoms with Gasteiger partial charge in [-0.2, -0.15) is 0 Å². The molecule has 1 amide bonds. The Morgan fingerprint density at radius 3 is 2.67 bits per heavy atom. The van der Waals surface area contributed by atoms with E-state index in [0.29, 0.717) is 0 Å². The van der Waals surface area contributed by atoms with E-state index in [1.165, 1.54) is 11.3 Å². The van der Waals surface area contributed by atoms with E-state index in [2.05, 4.69) is 5.32 Å². The van der Waals surface area contributed by atoms with Crippen molar-refractivity contribution in [1.29, 1.82) is 0 Å². The molecule has 0 aliphatic heterocycles. The minimum absolute atomic E-state index is 0. The van der Waals surface area contributed by atoms with Gasteiger partial charge < -0.3 is 16.2 Å². The van der Waals surface area contributed by atoms with Crippen LogP contribution in [0.5, 0.6) is 0 Å². The SMILES string of the molecule is CC(C)[C@H](N)C(=O)NCC(O)c1cc2ccccc2s1.Cl. The zero-order valence-electron chi connectivity index (χ0n) is 12.1. The molecule has 1 aromatic heterocycles. The van der Waals surface area contributed by atoms with Crippen molar-refractivity contribution >= 4 is 39.7 Å². The number of fused-ring (bicyclic) bond motifs is 1. The number of aliphatic hydroxyl groups excluding tert-OH is 1. The van der Waals surface area contributed by atoms with E-state index < -0.39 is 12.1 Å². The molecule has 0 aliphatic rings. The summed E-state index contributed by atoms with van der Waals surface area (Å²) in [5, 5.41) is 14.0. The van der Waals surface area contributed by atoms with Gasteiger partial charge in [-0.3, -0.25) is 4.79 Å². The van der Waals surface area contributed by atoms with E-state index in [-0.39, 0.29) is 30.8 Å². The van der Waals surface area contributed by atoms with Crippen molar-refractivity contribution in [2.24, 2.45) is 11.7 Å². The topological polar surface area (TPSA) is 75.4 Å². The molecule has 4 nitrogen and oxygen atoms in total. The number of hydrogen-bond acceptors (Lipinski definition) is 4. The Morgan fingerprint density at radius 2 is 2.05 bits per heavy atom. The van der Waals surface area contributed by atoms with E-state index in [4.69, 9.17) is 5.73 Å². The van der Waals surface area contributed by atoms with Crippen LogP contribution in [-0.2, 0) is 4.79 Å². The lowest BCUT2D eigenvalue weighted by molar-refractivity contribution is -0.123. The Kier molecular flexibility index (Phi) is 6.61. The van der Waals surface area contributed by atoms with Crippen LogP contribution >= 0.6 is 23.7 Å². The molecule has 0 saturated heterocycles. The average molecular weight is 329 g/mol. The van der Waals surface area contributed by atoms with Crippen LogP contribution in [0.25, 0.3) is 10.1 Å². The fourth-order valence-electron chi connectivity index (χ4n) is 1.89. The molecule has 0 fully saturated rings. The molecular weight excluding hydrogens is 308 g/mol. The second-order valence-corrected chi connectivity index (χ2v) is 6.33. The first-order valence-electron chi connectivity index (χ1n) is 6.69. The highest BCUT2D eigenvalue weighted by Crippen LogP contribution is 2.29. The number of benzene rings is 1. The van der Waals surface area contributed by atoms with Crippen LogP contribution in [0.15, 0.2) is 30.3 Å². The van der Waals surface area contributed by atoms with Crippen molar-refractivity contribution in [2.75, 3.05) is 6.54 Å². The summed E-state index contributed by atoms with van der Waals surface area (Å²) >= 11 is 1.54. The largest absolute Gasteiger partial charge is 0.386 e. The smallest absolute Gasteiger partial charge is 0.237 e. The van der Waals surface area contributed by atoms with Gasteiger partial charge >= 0.3 is 0 Å². The molecule has 1 heterocycles. The molecule has 1 unspecified atom stereocenters. The number of hydrogen-bond donors (Lipinski definition) is 3. The van der Waals surface area contributed by atoms with Crippen molar-refractivity contribution in [2.45, 2.75) is 26.0 Å². The first kappa shape index (κ1) is 17.9. The molecule has 2 atom stereocenters. The average Bonchev–Trinajstić information content (AvgIpc) is 2.87. The molecule has 4 N–H and O–H groups in total. The fourth-order valence-corrected chi connectivity index (χ4v) is 2.94. The third kappa shape index (κ3) is 4.41. The normalized spacial score (nSPS) is 13.8.